The highest BCUT2D eigenvalue weighted by Gasteiger charge is 2.57. The van der Waals surface area contributed by atoms with Crippen LogP contribution in [0.4, 0.5) is 0 Å². The van der Waals surface area contributed by atoms with Gasteiger partial charge in [0.2, 0.25) is 0 Å². The van der Waals surface area contributed by atoms with Crippen LogP contribution in [0.1, 0.15) is 0 Å². The van der Waals surface area contributed by atoms with Gasteiger partial charge in [0.25, 0.3) is 8.32 Å². The molecule has 0 aromatic heterocycles. The average molecular weight is 683 g/mol. The molecule has 1 atom stereocenters. The van der Waals surface area contributed by atoms with Gasteiger partial charge in [0.1, 0.15) is 0 Å². The highest BCUT2D eigenvalue weighted by molar-refractivity contribution is 7.14. The fraction of sp³-hybridized carbons (Fsp3) is 0.100. The van der Waals surface area contributed by atoms with Gasteiger partial charge < -0.3 is 12.3 Å². The molecule has 0 amide bonds. The normalized spacial score (nSPS) is 13.5. The lowest BCUT2D eigenvalue weighted by molar-refractivity contribution is 0.353. The summed E-state index contributed by atoms with van der Waals surface area (Å²) >= 11 is 0. The fourth-order valence-corrected chi connectivity index (χ4v) is 25.7. The van der Waals surface area contributed by atoms with E-state index in [0.717, 1.165) is 15.6 Å². The third-order valence-corrected chi connectivity index (χ3v) is 24.4. The third kappa shape index (κ3) is 7.02. The SMILES string of the molecule is C[Si](C)(C)O[Si](C)(O[Si](O[Si](c1ccccc1)(c1ccccc1)c1ccccc1)(c1ccccc1)c1ccccc1)c1ccccc1. The van der Waals surface area contributed by atoms with Crippen LogP contribution in [0, 0.1) is 0 Å². The maximum atomic E-state index is 8.31. The van der Waals surface area contributed by atoms with Gasteiger partial charge in [-0.15, -0.1) is 0 Å². The molecule has 1 unspecified atom stereocenters. The van der Waals surface area contributed by atoms with Crippen LogP contribution in [-0.2, 0) is 12.3 Å². The molecular formula is C40H42O3Si4. The molecule has 0 bridgehead atoms. The van der Waals surface area contributed by atoms with Crippen molar-refractivity contribution in [2.75, 3.05) is 0 Å². The summed E-state index contributed by atoms with van der Waals surface area (Å²) in [6.07, 6.45) is 0. The summed E-state index contributed by atoms with van der Waals surface area (Å²) in [6.45, 7) is 8.96. The minimum atomic E-state index is -3.63. The first kappa shape index (κ1) is 33.0. The van der Waals surface area contributed by atoms with Gasteiger partial charge in [0.05, 0.1) is 0 Å². The topological polar surface area (TPSA) is 27.7 Å². The molecule has 7 heteroatoms. The highest BCUT2D eigenvalue weighted by Crippen LogP contribution is 2.26. The Kier molecular flexibility index (Phi) is 9.86. The van der Waals surface area contributed by atoms with Gasteiger partial charge in [-0.1, -0.05) is 182 Å². The van der Waals surface area contributed by atoms with E-state index in [0.29, 0.717) is 0 Å². The molecule has 47 heavy (non-hydrogen) atoms. The first-order chi connectivity index (χ1) is 22.8. The van der Waals surface area contributed by atoms with E-state index < -0.39 is 33.8 Å². The number of hydrogen-bond acceptors (Lipinski definition) is 3. The maximum Gasteiger partial charge on any atom is 0.388 e. The summed E-state index contributed by atoms with van der Waals surface area (Å²) in [4.78, 5) is 0. The Morgan fingerprint density at radius 2 is 0.574 bits per heavy atom. The lowest BCUT2D eigenvalue weighted by Gasteiger charge is -2.47. The predicted octanol–water partition coefficient (Wildman–Crippen LogP) is 5.77. The van der Waals surface area contributed by atoms with Crippen molar-refractivity contribution in [3.63, 3.8) is 0 Å². The Bertz CT molecular complexity index is 1700. The van der Waals surface area contributed by atoms with Crippen LogP contribution >= 0.6 is 0 Å². The minimum Gasteiger partial charge on any atom is -0.433 e. The lowest BCUT2D eigenvalue weighted by atomic mass is 10.3. The van der Waals surface area contributed by atoms with Gasteiger partial charge in [-0.3, -0.25) is 0 Å². The molecule has 0 aliphatic carbocycles. The van der Waals surface area contributed by atoms with Crippen molar-refractivity contribution in [1.29, 1.82) is 0 Å². The summed E-state index contributed by atoms with van der Waals surface area (Å²) in [5.41, 5.74) is 0. The monoisotopic (exact) mass is 682 g/mol. The van der Waals surface area contributed by atoms with E-state index in [1.807, 2.05) is 0 Å². The molecule has 0 heterocycles. The molecule has 6 aromatic carbocycles. The van der Waals surface area contributed by atoms with Crippen molar-refractivity contribution >= 4 is 64.9 Å². The highest BCUT2D eigenvalue weighted by atomic mass is 28.5. The van der Waals surface area contributed by atoms with Crippen molar-refractivity contribution < 1.29 is 12.3 Å². The van der Waals surface area contributed by atoms with Crippen LogP contribution in [0.3, 0.4) is 0 Å². The average Bonchev–Trinajstić information content (AvgIpc) is 3.12. The Labute approximate surface area is 284 Å². The van der Waals surface area contributed by atoms with Gasteiger partial charge in [-0.2, -0.15) is 0 Å². The number of benzene rings is 6. The maximum absolute atomic E-state index is 8.31. The van der Waals surface area contributed by atoms with Crippen LogP contribution in [0.5, 0.6) is 0 Å². The molecule has 3 nitrogen and oxygen atoms in total. The van der Waals surface area contributed by atoms with Crippen molar-refractivity contribution in [1.82, 2.24) is 0 Å². The van der Waals surface area contributed by atoms with Crippen LogP contribution in [0.2, 0.25) is 26.2 Å². The van der Waals surface area contributed by atoms with Crippen LogP contribution < -0.4 is 31.1 Å². The molecule has 0 aliphatic rings. The number of hydrogen-bond donors (Lipinski definition) is 0. The molecule has 6 rings (SSSR count). The summed E-state index contributed by atoms with van der Waals surface area (Å²) in [5, 5.41) is 6.71. The Hall–Kier alpha value is -3.93. The van der Waals surface area contributed by atoms with Crippen molar-refractivity contribution in [2.45, 2.75) is 26.2 Å². The van der Waals surface area contributed by atoms with E-state index in [2.05, 4.69) is 208 Å². The summed E-state index contributed by atoms with van der Waals surface area (Å²) in [5.74, 6) is 0. The van der Waals surface area contributed by atoms with E-state index in [1.165, 1.54) is 15.6 Å². The van der Waals surface area contributed by atoms with Crippen LogP contribution in [0.15, 0.2) is 182 Å². The second-order valence-corrected chi connectivity index (χ2v) is 27.5. The van der Waals surface area contributed by atoms with Gasteiger partial charge in [0.15, 0.2) is 8.32 Å². The molecule has 0 fully saturated rings. The Morgan fingerprint density at radius 3 is 0.872 bits per heavy atom. The molecule has 0 spiro atoms. The molecule has 0 N–H and O–H groups in total. The van der Waals surface area contributed by atoms with Crippen molar-refractivity contribution in [3.8, 4) is 0 Å². The lowest BCUT2D eigenvalue weighted by Crippen LogP contribution is -2.80. The fourth-order valence-electron chi connectivity index (χ4n) is 6.39. The molecule has 0 aliphatic heterocycles. The van der Waals surface area contributed by atoms with Gasteiger partial charge in [-0.05, 0) is 57.3 Å². The first-order valence-corrected chi connectivity index (χ1v) is 25.6. The quantitative estimate of drug-likeness (QED) is 0.121. The van der Waals surface area contributed by atoms with Crippen molar-refractivity contribution in [2.24, 2.45) is 0 Å². The second kappa shape index (κ2) is 14.0. The van der Waals surface area contributed by atoms with E-state index >= 15 is 0 Å². The smallest absolute Gasteiger partial charge is 0.388 e. The zero-order chi connectivity index (χ0) is 32.8. The molecule has 6 aromatic rings. The first-order valence-electron chi connectivity index (χ1n) is 16.2. The molecule has 0 saturated carbocycles. The van der Waals surface area contributed by atoms with E-state index in [4.69, 9.17) is 12.3 Å². The molecule has 0 saturated heterocycles. The number of rotatable bonds is 12. The predicted molar refractivity (Wildman–Crippen MR) is 206 cm³/mol. The standard InChI is InChI=1S/C40H42O3Si4/c1-44(2,3)41-45(4,35-23-11-5-12-24-35)42-47(39-31-19-9-20-32-39,40-33-21-10-22-34-40)43-46(36-25-13-6-14-26-36,37-27-15-7-16-28-37)38-29-17-8-18-30-38/h5-34H,1-4H3. The molecular weight excluding hydrogens is 641 g/mol. The molecule has 0 radical (unpaired) electrons. The summed E-state index contributed by atoms with van der Waals surface area (Å²) < 4.78 is 23.6. The van der Waals surface area contributed by atoms with E-state index in [-0.39, 0.29) is 0 Å². The van der Waals surface area contributed by atoms with Gasteiger partial charge >= 0.3 is 17.1 Å². The van der Waals surface area contributed by atoms with E-state index in [1.54, 1.807) is 0 Å². The zero-order valence-electron chi connectivity index (χ0n) is 27.5. The Balaban J connectivity index is 1.73. The molecule has 236 valence electrons. The minimum absolute atomic E-state index is 1.06. The second-order valence-electron chi connectivity index (χ2n) is 12.9. The summed E-state index contributed by atoms with van der Waals surface area (Å²) in [7, 11) is -12.2. The third-order valence-electron chi connectivity index (χ3n) is 8.28. The largest absolute Gasteiger partial charge is 0.433 e. The van der Waals surface area contributed by atoms with Crippen LogP contribution in [-0.4, -0.2) is 33.8 Å². The van der Waals surface area contributed by atoms with Gasteiger partial charge in [-0.25, -0.2) is 0 Å². The van der Waals surface area contributed by atoms with Gasteiger partial charge in [0, 0.05) is 0 Å². The van der Waals surface area contributed by atoms with Crippen LogP contribution in [0.25, 0.3) is 0 Å². The Morgan fingerprint density at radius 1 is 0.298 bits per heavy atom. The zero-order valence-corrected chi connectivity index (χ0v) is 31.5. The van der Waals surface area contributed by atoms with Crippen molar-refractivity contribution in [3.05, 3.63) is 182 Å². The summed E-state index contributed by atoms with van der Waals surface area (Å²) in [6, 6.07) is 64.2. The van der Waals surface area contributed by atoms with E-state index in [9.17, 15) is 0 Å².